The van der Waals surface area contributed by atoms with Crippen LogP contribution in [-0.4, -0.2) is 60.9 Å². The summed E-state index contributed by atoms with van der Waals surface area (Å²) in [5, 5.41) is 0.208. The topological polar surface area (TPSA) is 59.1 Å². The molecule has 2 aromatic carbocycles. The number of benzene rings is 2. The molecule has 0 aromatic heterocycles. The summed E-state index contributed by atoms with van der Waals surface area (Å²) in [4.78, 5) is 27.9. The largest absolute Gasteiger partial charge is 0.493 e. The summed E-state index contributed by atoms with van der Waals surface area (Å²) in [6.45, 7) is 5.82. The Morgan fingerprint density at radius 1 is 1.19 bits per heavy atom. The molecule has 0 radical (unpaired) electrons. The van der Waals surface area contributed by atoms with E-state index >= 15 is 0 Å². The Morgan fingerprint density at radius 2 is 1.90 bits per heavy atom. The number of rotatable bonds is 7. The van der Waals surface area contributed by atoms with Gasteiger partial charge in [-0.1, -0.05) is 23.7 Å². The fourth-order valence-electron chi connectivity index (χ4n) is 3.76. The molecule has 0 saturated carbocycles. The van der Waals surface area contributed by atoms with Crippen LogP contribution < -0.4 is 9.47 Å². The molecule has 166 valence electrons. The second-order valence-corrected chi connectivity index (χ2v) is 8.15. The first-order chi connectivity index (χ1) is 14.8. The zero-order valence-corrected chi connectivity index (χ0v) is 18.6. The molecular weight excluding hydrogens is 423 g/mol. The summed E-state index contributed by atoms with van der Waals surface area (Å²) < 4.78 is 24.1. The van der Waals surface area contributed by atoms with Crippen molar-refractivity contribution in [3.05, 3.63) is 58.4 Å². The van der Waals surface area contributed by atoms with Gasteiger partial charge in [0.25, 0.3) is 5.91 Å². The van der Waals surface area contributed by atoms with Crippen molar-refractivity contribution < 1.29 is 23.5 Å². The number of ether oxygens (including phenoxy) is 2. The SMILES string of the molecule is COc1cc(C=O)cc(Cl)c1OCC(=O)N1CC(C)N(Cc2ccc(F)cc2)CC1C. The van der Waals surface area contributed by atoms with E-state index in [1.807, 2.05) is 6.92 Å². The fraction of sp³-hybridized carbons (Fsp3) is 0.391. The highest BCUT2D eigenvalue weighted by molar-refractivity contribution is 6.32. The second-order valence-electron chi connectivity index (χ2n) is 7.74. The van der Waals surface area contributed by atoms with Crippen LogP contribution in [0.2, 0.25) is 5.02 Å². The van der Waals surface area contributed by atoms with Gasteiger partial charge in [-0.2, -0.15) is 0 Å². The predicted molar refractivity (Wildman–Crippen MR) is 116 cm³/mol. The second kappa shape index (κ2) is 10.1. The van der Waals surface area contributed by atoms with Gasteiger partial charge in [0, 0.05) is 37.3 Å². The van der Waals surface area contributed by atoms with E-state index in [1.54, 1.807) is 17.0 Å². The van der Waals surface area contributed by atoms with Crippen molar-refractivity contribution in [2.24, 2.45) is 0 Å². The maximum absolute atomic E-state index is 13.1. The van der Waals surface area contributed by atoms with Gasteiger partial charge in [-0.25, -0.2) is 4.39 Å². The first-order valence-electron chi connectivity index (χ1n) is 10.1. The van der Waals surface area contributed by atoms with Gasteiger partial charge in [0.2, 0.25) is 0 Å². The molecule has 3 rings (SSSR count). The van der Waals surface area contributed by atoms with E-state index < -0.39 is 0 Å². The number of carbonyl (C=O) groups excluding carboxylic acids is 2. The Kier molecular flexibility index (Phi) is 7.51. The van der Waals surface area contributed by atoms with E-state index in [2.05, 4.69) is 11.8 Å². The molecule has 0 N–H and O–H groups in total. The molecule has 2 unspecified atom stereocenters. The van der Waals surface area contributed by atoms with Gasteiger partial charge in [0.05, 0.1) is 12.1 Å². The van der Waals surface area contributed by atoms with E-state index in [9.17, 15) is 14.0 Å². The molecule has 31 heavy (non-hydrogen) atoms. The number of aldehydes is 1. The molecule has 6 nitrogen and oxygen atoms in total. The van der Waals surface area contributed by atoms with Gasteiger partial charge in [-0.3, -0.25) is 14.5 Å². The number of piperazine rings is 1. The normalized spacial score (nSPS) is 19.2. The van der Waals surface area contributed by atoms with Crippen molar-refractivity contribution in [1.82, 2.24) is 9.80 Å². The molecular formula is C23H26ClFN2O4. The molecule has 1 saturated heterocycles. The van der Waals surface area contributed by atoms with Crippen LogP contribution in [0.3, 0.4) is 0 Å². The van der Waals surface area contributed by atoms with Gasteiger partial charge in [0.15, 0.2) is 18.1 Å². The lowest BCUT2D eigenvalue weighted by Gasteiger charge is -2.44. The maximum Gasteiger partial charge on any atom is 0.260 e. The highest BCUT2D eigenvalue weighted by atomic mass is 35.5. The lowest BCUT2D eigenvalue weighted by atomic mass is 10.1. The predicted octanol–water partition coefficient (Wildman–Crippen LogP) is 3.80. The summed E-state index contributed by atoms with van der Waals surface area (Å²) in [5.74, 6) is 0.128. The highest BCUT2D eigenvalue weighted by Gasteiger charge is 2.32. The van der Waals surface area contributed by atoms with Crippen molar-refractivity contribution in [3.63, 3.8) is 0 Å². The van der Waals surface area contributed by atoms with Crippen LogP contribution in [0, 0.1) is 5.82 Å². The van der Waals surface area contributed by atoms with E-state index in [0.717, 1.165) is 5.56 Å². The van der Waals surface area contributed by atoms with Crippen molar-refractivity contribution in [1.29, 1.82) is 0 Å². The lowest BCUT2D eigenvalue weighted by molar-refractivity contribution is -0.139. The van der Waals surface area contributed by atoms with Crippen LogP contribution in [0.15, 0.2) is 36.4 Å². The fourth-order valence-corrected chi connectivity index (χ4v) is 4.03. The first-order valence-corrected chi connectivity index (χ1v) is 10.4. The van der Waals surface area contributed by atoms with Gasteiger partial charge in [-0.05, 0) is 43.7 Å². The molecule has 8 heteroatoms. The highest BCUT2D eigenvalue weighted by Crippen LogP contribution is 2.36. The van der Waals surface area contributed by atoms with E-state index in [-0.39, 0.29) is 41.2 Å². The molecule has 2 aromatic rings. The van der Waals surface area contributed by atoms with Crippen LogP contribution >= 0.6 is 11.6 Å². The minimum atomic E-state index is -0.252. The van der Waals surface area contributed by atoms with E-state index in [0.29, 0.717) is 37.2 Å². The van der Waals surface area contributed by atoms with Crippen LogP contribution in [-0.2, 0) is 11.3 Å². The number of halogens is 2. The van der Waals surface area contributed by atoms with Crippen molar-refractivity contribution in [2.75, 3.05) is 26.8 Å². The molecule has 0 aliphatic carbocycles. The quantitative estimate of drug-likeness (QED) is 0.603. The Labute approximate surface area is 186 Å². The Hall–Kier alpha value is -2.64. The van der Waals surface area contributed by atoms with Crippen molar-refractivity contribution in [2.45, 2.75) is 32.5 Å². The number of nitrogens with zero attached hydrogens (tertiary/aromatic N) is 2. The minimum absolute atomic E-state index is 0.0115. The Bertz CT molecular complexity index is 938. The number of hydrogen-bond donors (Lipinski definition) is 0. The van der Waals surface area contributed by atoms with E-state index in [4.69, 9.17) is 21.1 Å². The molecule has 1 heterocycles. The summed E-state index contributed by atoms with van der Waals surface area (Å²) in [6.07, 6.45) is 0.665. The Morgan fingerprint density at radius 3 is 2.55 bits per heavy atom. The smallest absolute Gasteiger partial charge is 0.260 e. The third-order valence-corrected chi connectivity index (χ3v) is 5.74. The number of methoxy groups -OCH3 is 1. The zero-order chi connectivity index (χ0) is 22.5. The maximum atomic E-state index is 13.1. The summed E-state index contributed by atoms with van der Waals surface area (Å²) in [5.41, 5.74) is 1.39. The summed E-state index contributed by atoms with van der Waals surface area (Å²) in [6, 6.07) is 9.59. The summed E-state index contributed by atoms with van der Waals surface area (Å²) >= 11 is 6.20. The minimum Gasteiger partial charge on any atom is -0.493 e. The molecule has 0 spiro atoms. The van der Waals surface area contributed by atoms with Gasteiger partial charge < -0.3 is 14.4 Å². The summed E-state index contributed by atoms with van der Waals surface area (Å²) in [7, 11) is 1.44. The Balaban J connectivity index is 1.62. The van der Waals surface area contributed by atoms with Crippen LogP contribution in [0.1, 0.15) is 29.8 Å². The van der Waals surface area contributed by atoms with Gasteiger partial charge >= 0.3 is 0 Å². The van der Waals surface area contributed by atoms with Crippen molar-refractivity contribution in [3.8, 4) is 11.5 Å². The van der Waals surface area contributed by atoms with E-state index in [1.165, 1.54) is 31.4 Å². The number of amides is 1. The first kappa shape index (κ1) is 23.0. The van der Waals surface area contributed by atoms with Crippen molar-refractivity contribution >= 4 is 23.8 Å². The average molecular weight is 449 g/mol. The van der Waals surface area contributed by atoms with Crippen LogP contribution in [0.4, 0.5) is 4.39 Å². The van der Waals surface area contributed by atoms with Crippen LogP contribution in [0.25, 0.3) is 0 Å². The van der Waals surface area contributed by atoms with Gasteiger partial charge in [0.1, 0.15) is 12.1 Å². The molecule has 2 atom stereocenters. The van der Waals surface area contributed by atoms with Gasteiger partial charge in [-0.15, -0.1) is 0 Å². The standard InChI is InChI=1S/C23H26ClFN2O4/c1-15-11-27(16(2)10-26(15)12-17-4-6-19(25)7-5-17)22(29)14-31-23-20(24)8-18(13-28)9-21(23)30-3/h4-9,13,15-16H,10-12,14H2,1-3H3. The molecule has 1 aliphatic heterocycles. The zero-order valence-electron chi connectivity index (χ0n) is 17.8. The number of carbonyl (C=O) groups is 2. The molecule has 0 bridgehead atoms. The monoisotopic (exact) mass is 448 g/mol. The average Bonchev–Trinajstić information content (AvgIpc) is 2.75. The lowest BCUT2D eigenvalue weighted by Crippen LogP contribution is -2.58. The molecule has 1 amide bonds. The third kappa shape index (κ3) is 5.54. The molecule has 1 fully saturated rings. The third-order valence-electron chi connectivity index (χ3n) is 5.46. The number of hydrogen-bond acceptors (Lipinski definition) is 5. The molecule has 1 aliphatic rings. The van der Waals surface area contributed by atoms with Crippen LogP contribution in [0.5, 0.6) is 11.5 Å².